The number of ether oxygens (including phenoxy) is 1. The minimum atomic E-state index is -0.233. The van der Waals surface area contributed by atoms with E-state index in [0.717, 1.165) is 18.4 Å². The van der Waals surface area contributed by atoms with Crippen LogP contribution in [0.1, 0.15) is 18.9 Å². The van der Waals surface area contributed by atoms with Crippen LogP contribution in [0.15, 0.2) is 18.2 Å². The monoisotopic (exact) mass is 260 g/mol. The van der Waals surface area contributed by atoms with Gasteiger partial charge < -0.3 is 4.74 Å². The van der Waals surface area contributed by atoms with Gasteiger partial charge >= 0.3 is 0 Å². The third-order valence-corrected chi connectivity index (χ3v) is 2.53. The Morgan fingerprint density at radius 1 is 1.50 bits per heavy atom. The second-order valence-electron chi connectivity index (χ2n) is 3.25. The zero-order valence-electron chi connectivity index (χ0n) is 8.39. The first-order valence-corrected chi connectivity index (χ1v) is 5.52. The summed E-state index contributed by atoms with van der Waals surface area (Å²) in [6.07, 6.45) is 1.65. The van der Waals surface area contributed by atoms with Gasteiger partial charge in [0.15, 0.2) is 11.6 Å². The van der Waals surface area contributed by atoms with Crippen molar-refractivity contribution in [1.82, 2.24) is 0 Å². The molecule has 1 aromatic carbocycles. The van der Waals surface area contributed by atoms with E-state index in [2.05, 4.69) is 22.9 Å². The third-order valence-electron chi connectivity index (χ3n) is 2.07. The average molecular weight is 261 g/mol. The zero-order chi connectivity index (χ0) is 10.6. The summed E-state index contributed by atoms with van der Waals surface area (Å²) in [5, 5.41) is 0. The van der Waals surface area contributed by atoms with Crippen LogP contribution in [0.4, 0.5) is 4.39 Å². The van der Waals surface area contributed by atoms with Crippen LogP contribution in [0.5, 0.6) is 5.75 Å². The molecule has 0 N–H and O–H groups in total. The van der Waals surface area contributed by atoms with E-state index in [0.29, 0.717) is 10.6 Å². The minimum absolute atomic E-state index is 0.233. The van der Waals surface area contributed by atoms with Crippen molar-refractivity contribution < 1.29 is 9.13 Å². The lowest BCUT2D eigenvalue weighted by atomic mass is 10.1. The molecule has 1 unspecified atom stereocenters. The molecule has 0 aromatic heterocycles. The maximum absolute atomic E-state index is 13.6. The molecule has 0 spiro atoms. The highest BCUT2D eigenvalue weighted by Gasteiger charge is 2.08. The Hall–Kier alpha value is -0.570. The van der Waals surface area contributed by atoms with E-state index in [1.165, 1.54) is 7.11 Å². The molecule has 0 aliphatic rings. The first kappa shape index (κ1) is 11.5. The topological polar surface area (TPSA) is 9.23 Å². The molecule has 1 atom stereocenters. The molecule has 3 heteroatoms. The molecule has 0 saturated heterocycles. The average Bonchev–Trinajstić information content (AvgIpc) is 2.16. The van der Waals surface area contributed by atoms with Gasteiger partial charge in [-0.2, -0.15) is 0 Å². The molecule has 1 aromatic rings. The van der Waals surface area contributed by atoms with Crippen LogP contribution >= 0.6 is 15.9 Å². The van der Waals surface area contributed by atoms with E-state index in [4.69, 9.17) is 4.74 Å². The number of benzene rings is 1. The van der Waals surface area contributed by atoms with E-state index >= 15 is 0 Å². The van der Waals surface area contributed by atoms with Crippen LogP contribution in [0.3, 0.4) is 0 Å². The first-order valence-electron chi connectivity index (χ1n) is 4.60. The quantitative estimate of drug-likeness (QED) is 0.753. The molecule has 78 valence electrons. The van der Waals surface area contributed by atoms with Crippen molar-refractivity contribution in [2.75, 3.05) is 7.11 Å². The highest BCUT2D eigenvalue weighted by Crippen LogP contribution is 2.22. The normalized spacial score (nSPS) is 12.6. The number of halogens is 2. The maximum atomic E-state index is 13.6. The van der Waals surface area contributed by atoms with Gasteiger partial charge in [-0.15, -0.1) is 0 Å². The third kappa shape index (κ3) is 2.98. The Balaban J connectivity index is 2.76. The summed E-state index contributed by atoms with van der Waals surface area (Å²) in [5.41, 5.74) is 0.718. The van der Waals surface area contributed by atoms with Crippen LogP contribution < -0.4 is 4.74 Å². The van der Waals surface area contributed by atoms with Crippen molar-refractivity contribution in [3.8, 4) is 5.75 Å². The molecule has 0 radical (unpaired) electrons. The summed E-state index contributed by atoms with van der Waals surface area (Å²) in [4.78, 5) is 0.410. The van der Waals surface area contributed by atoms with Gasteiger partial charge in [0, 0.05) is 4.83 Å². The van der Waals surface area contributed by atoms with E-state index in [1.54, 1.807) is 12.1 Å². The lowest BCUT2D eigenvalue weighted by Gasteiger charge is -2.07. The van der Waals surface area contributed by atoms with Crippen molar-refractivity contribution in [1.29, 1.82) is 0 Å². The largest absolute Gasteiger partial charge is 0.494 e. The van der Waals surface area contributed by atoms with Crippen molar-refractivity contribution in [3.63, 3.8) is 0 Å². The highest BCUT2D eigenvalue weighted by molar-refractivity contribution is 9.09. The lowest BCUT2D eigenvalue weighted by Crippen LogP contribution is -1.98. The fraction of sp³-hybridized carbons (Fsp3) is 0.455. The molecule has 0 aliphatic heterocycles. The summed E-state index contributed by atoms with van der Waals surface area (Å²) in [6.45, 7) is 2.05. The first-order chi connectivity index (χ1) is 6.65. The second kappa shape index (κ2) is 5.35. The van der Waals surface area contributed by atoms with Crippen molar-refractivity contribution >= 4 is 15.9 Å². The van der Waals surface area contributed by atoms with Gasteiger partial charge in [-0.3, -0.25) is 0 Å². The molecule has 0 saturated carbocycles. The molecule has 0 amide bonds. The molecule has 14 heavy (non-hydrogen) atoms. The molecule has 0 bridgehead atoms. The summed E-state index contributed by atoms with van der Waals surface area (Å²) >= 11 is 3.44. The maximum Gasteiger partial charge on any atom is 0.168 e. The van der Waals surface area contributed by atoms with Gasteiger partial charge in [0.05, 0.1) is 7.11 Å². The molecule has 1 rings (SSSR count). The molecule has 0 heterocycles. The SMILES string of the molecule is COc1cccc(CCC(C)Br)c1F. The Bertz CT molecular complexity index is 299. The Morgan fingerprint density at radius 2 is 2.21 bits per heavy atom. The number of hydrogen-bond donors (Lipinski definition) is 0. The van der Waals surface area contributed by atoms with Gasteiger partial charge in [0.25, 0.3) is 0 Å². The van der Waals surface area contributed by atoms with Crippen molar-refractivity contribution in [3.05, 3.63) is 29.6 Å². The van der Waals surface area contributed by atoms with E-state index < -0.39 is 0 Å². The molecular formula is C11H14BrFO. The Kier molecular flexibility index (Phi) is 4.39. The smallest absolute Gasteiger partial charge is 0.168 e. The van der Waals surface area contributed by atoms with Gasteiger partial charge in [0.2, 0.25) is 0 Å². The van der Waals surface area contributed by atoms with Crippen LogP contribution in [-0.2, 0) is 6.42 Å². The zero-order valence-corrected chi connectivity index (χ0v) is 9.97. The molecule has 0 aliphatic carbocycles. The number of aryl methyl sites for hydroxylation is 1. The van der Waals surface area contributed by atoms with Crippen LogP contribution in [0, 0.1) is 5.82 Å². The molecular weight excluding hydrogens is 247 g/mol. The summed E-state index contributed by atoms with van der Waals surface area (Å²) in [7, 11) is 1.48. The van der Waals surface area contributed by atoms with Crippen LogP contribution in [0.2, 0.25) is 0 Å². The predicted octanol–water partition coefficient (Wildman–Crippen LogP) is 3.55. The van der Waals surface area contributed by atoms with Gasteiger partial charge in [-0.25, -0.2) is 4.39 Å². The van der Waals surface area contributed by atoms with E-state index in [9.17, 15) is 4.39 Å². The van der Waals surface area contributed by atoms with Gasteiger partial charge in [0.1, 0.15) is 0 Å². The van der Waals surface area contributed by atoms with Gasteiger partial charge in [-0.05, 0) is 24.5 Å². The fourth-order valence-electron chi connectivity index (χ4n) is 1.26. The fourth-order valence-corrected chi connectivity index (χ4v) is 1.49. The summed E-state index contributed by atoms with van der Waals surface area (Å²) < 4.78 is 18.5. The highest BCUT2D eigenvalue weighted by atomic mass is 79.9. The number of hydrogen-bond acceptors (Lipinski definition) is 1. The summed E-state index contributed by atoms with van der Waals surface area (Å²) in [6, 6.07) is 5.25. The Labute approximate surface area is 92.4 Å². The Morgan fingerprint density at radius 3 is 2.79 bits per heavy atom. The van der Waals surface area contributed by atoms with Crippen LogP contribution in [-0.4, -0.2) is 11.9 Å². The second-order valence-corrected chi connectivity index (χ2v) is 4.82. The lowest BCUT2D eigenvalue weighted by molar-refractivity contribution is 0.384. The van der Waals surface area contributed by atoms with E-state index in [1.807, 2.05) is 6.07 Å². The molecule has 1 nitrogen and oxygen atoms in total. The number of methoxy groups -OCH3 is 1. The number of alkyl halides is 1. The predicted molar refractivity (Wildman–Crippen MR) is 59.7 cm³/mol. The van der Waals surface area contributed by atoms with Crippen molar-refractivity contribution in [2.24, 2.45) is 0 Å². The number of rotatable bonds is 4. The summed E-state index contributed by atoms with van der Waals surface area (Å²) in [5.74, 6) is 0.0906. The van der Waals surface area contributed by atoms with Gasteiger partial charge in [-0.1, -0.05) is 35.0 Å². The van der Waals surface area contributed by atoms with E-state index in [-0.39, 0.29) is 5.82 Å². The minimum Gasteiger partial charge on any atom is -0.494 e. The van der Waals surface area contributed by atoms with Crippen LogP contribution in [0.25, 0.3) is 0 Å². The van der Waals surface area contributed by atoms with Crippen molar-refractivity contribution in [2.45, 2.75) is 24.6 Å². The molecule has 0 fully saturated rings. The standard InChI is InChI=1S/C11H14BrFO/c1-8(12)6-7-9-4-3-5-10(14-2)11(9)13/h3-5,8H,6-7H2,1-2H3.